The molecule has 3 aromatic heterocycles. The molecule has 6 heteroatoms. The molecule has 3 heterocycles. The molecule has 0 aliphatic heterocycles. The number of benzene rings is 6. The average Bonchev–Trinajstić information content (AvgIpc) is 3.86. The highest BCUT2D eigenvalue weighted by Crippen LogP contribution is 2.38. The number of rotatable bonds is 4. The number of fused-ring (bicyclic) bond motifs is 6. The van der Waals surface area contributed by atoms with E-state index in [-0.39, 0.29) is 43.8 Å². The van der Waals surface area contributed by atoms with E-state index in [9.17, 15) is 1.37 Å². The molecule has 6 nitrogen and oxygen atoms in total. The minimum absolute atomic E-state index is 0.0840. The van der Waals surface area contributed by atoms with Gasteiger partial charge in [0, 0.05) is 39.6 Å². The molecule has 0 aliphatic carbocycles. The summed E-state index contributed by atoms with van der Waals surface area (Å²) < 4.78 is 177. The molecule has 9 rings (SSSR count). The summed E-state index contributed by atoms with van der Waals surface area (Å²) in [6.07, 6.45) is 0. The summed E-state index contributed by atoms with van der Waals surface area (Å²) in [4.78, 5) is 17.1. The summed E-state index contributed by atoms with van der Waals surface area (Å²) >= 11 is 0. The topological polar surface area (TPSA) is 52.9 Å². The van der Waals surface area contributed by atoms with E-state index in [0.29, 0.717) is 0 Å². The van der Waals surface area contributed by atoms with Gasteiger partial charge in [0.1, 0.15) is 0 Å². The highest BCUT2D eigenvalue weighted by molar-refractivity contribution is 6.11. The molecule has 6 aromatic carbocycles. The molecule has 0 atom stereocenters. The maximum atomic E-state index is 9.18. The van der Waals surface area contributed by atoms with Gasteiger partial charge in [0.25, 0.3) is 0 Å². The number of hydrogen-bond acceptors (Lipinski definition) is 3. The predicted molar refractivity (Wildman–Crippen MR) is 186 cm³/mol. The quantitative estimate of drug-likeness (QED) is 0.187. The number of aromatic nitrogens is 5. The van der Waals surface area contributed by atoms with Crippen LogP contribution in [0.2, 0.25) is 0 Å². The molecule has 9 aromatic rings. The van der Waals surface area contributed by atoms with Crippen molar-refractivity contribution in [3.05, 3.63) is 157 Å². The Morgan fingerprint density at radius 2 is 1.11 bits per heavy atom. The zero-order chi connectivity index (χ0) is 48.0. The van der Waals surface area contributed by atoms with Crippen molar-refractivity contribution in [2.75, 3.05) is 0 Å². The van der Waals surface area contributed by atoms with Gasteiger partial charge in [-0.1, -0.05) is 109 Å². The highest BCUT2D eigenvalue weighted by atomic mass is 15.2. The van der Waals surface area contributed by atoms with E-state index in [1.807, 2.05) is 0 Å². The summed E-state index contributed by atoms with van der Waals surface area (Å²) in [6.45, 7) is 7.80. The number of para-hydroxylation sites is 4. The van der Waals surface area contributed by atoms with Gasteiger partial charge in [-0.15, -0.1) is 0 Å². The maximum Gasteiger partial charge on any atom is 0.238 e. The lowest BCUT2D eigenvalue weighted by atomic mass is 10.1. The molecule has 0 radical (unpaired) electrons. The van der Waals surface area contributed by atoms with E-state index in [4.69, 9.17) is 32.6 Å². The Morgan fingerprint density at radius 3 is 1.78 bits per heavy atom. The fraction of sp³-hybridized carbons (Fsp3) is 0. The first-order chi connectivity index (χ1) is 31.1. The Kier molecular flexibility index (Phi) is 2.85. The molecule has 214 valence electrons. The van der Waals surface area contributed by atoms with Gasteiger partial charge < -0.3 is 4.57 Å². The van der Waals surface area contributed by atoms with Crippen LogP contribution in [0.1, 0.15) is 27.4 Å². The van der Waals surface area contributed by atoms with Crippen molar-refractivity contribution in [2.45, 2.75) is 0 Å². The van der Waals surface area contributed by atoms with Crippen molar-refractivity contribution < 1.29 is 27.4 Å². The van der Waals surface area contributed by atoms with Crippen LogP contribution in [0.3, 0.4) is 0 Å². The van der Waals surface area contributed by atoms with E-state index in [0.717, 1.165) is 4.57 Å². The second kappa shape index (κ2) is 10.3. The summed E-state index contributed by atoms with van der Waals surface area (Å²) in [5.74, 6) is -1.73. The summed E-state index contributed by atoms with van der Waals surface area (Å²) in [7, 11) is 0. The van der Waals surface area contributed by atoms with Crippen molar-refractivity contribution in [2.24, 2.45) is 0 Å². The third kappa shape index (κ3) is 3.93. The van der Waals surface area contributed by atoms with Crippen LogP contribution < -0.4 is 0 Å². The van der Waals surface area contributed by atoms with E-state index in [1.54, 1.807) is 0 Å². The SMILES string of the molecule is [2H]c1c([2H])c([2H])c(-c2nc(-c3ccccc3-n3c4c([2H])c([2H])c([2H])c([2H])c4c4c([2H])c([2H])c([N+]#[C-])c([2H])c43)nc(-n3c4c([2H])c([2H])c([2H])c([2H])c4c4c([2H])c([2H])c([2H])c([2H])c43)n2)c([2H])c1[2H]. The van der Waals surface area contributed by atoms with Crippen LogP contribution in [0, 0.1) is 6.57 Å². The lowest BCUT2D eigenvalue weighted by molar-refractivity contribution is 0.951. The lowest BCUT2D eigenvalue weighted by Gasteiger charge is -2.15. The summed E-state index contributed by atoms with van der Waals surface area (Å²) in [5.41, 5.74) is -2.79. The van der Waals surface area contributed by atoms with Crippen LogP contribution in [0.25, 0.3) is 82.9 Å². The largest absolute Gasteiger partial charge is 0.310 e. The van der Waals surface area contributed by atoms with Crippen LogP contribution in [0.4, 0.5) is 5.69 Å². The first kappa shape index (κ1) is 12.8. The Labute approximate surface area is 292 Å². The standard InChI is InChI=1S/C40H24N6/c1-41-27-23-24-31-30-17-5-9-19-33(30)45(37(31)25-27)36-22-12-8-18-32(36)39-42-38(26-13-3-2-4-14-26)43-40(44-39)46-34-20-10-6-15-28(34)29-16-7-11-21-35(29)46/h2-25H/i2D,3D,4D,5D,6D,7D,9D,10D,11D,13D,14D,15D,16D,17D,19D,20D,21D,23D,24D,25D. The normalized spacial score (nSPS) is 17.5. The maximum absolute atomic E-state index is 9.18. The van der Waals surface area contributed by atoms with E-state index in [1.165, 1.54) is 28.8 Å². The van der Waals surface area contributed by atoms with E-state index >= 15 is 0 Å². The Balaban J connectivity index is 1.52. The molecule has 0 N–H and O–H groups in total. The van der Waals surface area contributed by atoms with Crippen molar-refractivity contribution in [3.63, 3.8) is 0 Å². The van der Waals surface area contributed by atoms with Crippen LogP contribution in [0.5, 0.6) is 0 Å². The van der Waals surface area contributed by atoms with Crippen LogP contribution in [-0.2, 0) is 0 Å². The van der Waals surface area contributed by atoms with Gasteiger partial charge >= 0.3 is 0 Å². The number of nitrogens with zero attached hydrogens (tertiary/aromatic N) is 6. The molecule has 46 heavy (non-hydrogen) atoms. The minimum atomic E-state index is -0.798. The van der Waals surface area contributed by atoms with E-state index < -0.39 is 161 Å². The minimum Gasteiger partial charge on any atom is -0.310 e. The van der Waals surface area contributed by atoms with Gasteiger partial charge in [-0.3, -0.25) is 4.57 Å². The second-order valence-corrected chi connectivity index (χ2v) is 9.70. The molecular formula is C40H24N6. The van der Waals surface area contributed by atoms with Crippen molar-refractivity contribution in [1.29, 1.82) is 0 Å². The molecular weight excluding hydrogens is 564 g/mol. The molecule has 0 unspecified atom stereocenters. The lowest BCUT2D eigenvalue weighted by Crippen LogP contribution is -2.07. The summed E-state index contributed by atoms with van der Waals surface area (Å²) in [5, 5.41) is -1.24. The van der Waals surface area contributed by atoms with Crippen molar-refractivity contribution >= 4 is 49.3 Å². The van der Waals surface area contributed by atoms with Crippen LogP contribution in [0.15, 0.2) is 145 Å². The van der Waals surface area contributed by atoms with Gasteiger partial charge in [0.2, 0.25) is 5.95 Å². The summed E-state index contributed by atoms with van der Waals surface area (Å²) in [6, 6.07) is -8.62. The smallest absolute Gasteiger partial charge is 0.238 e. The monoisotopic (exact) mass is 608 g/mol. The molecule has 0 saturated carbocycles. The molecule has 0 spiro atoms. The highest BCUT2D eigenvalue weighted by Gasteiger charge is 2.21. The third-order valence-electron chi connectivity index (χ3n) is 7.22. The zero-order valence-electron chi connectivity index (χ0n) is 43.0. The Hall–Kier alpha value is -6.58. The molecule has 0 saturated heterocycles. The zero-order valence-corrected chi connectivity index (χ0v) is 23.0. The fourth-order valence-corrected chi connectivity index (χ4v) is 5.34. The molecule has 0 amide bonds. The van der Waals surface area contributed by atoms with Gasteiger partial charge in [0.15, 0.2) is 17.3 Å². The molecule has 0 bridgehead atoms. The average molecular weight is 609 g/mol. The van der Waals surface area contributed by atoms with E-state index in [2.05, 4.69) is 19.8 Å². The number of hydrogen-bond donors (Lipinski definition) is 0. The van der Waals surface area contributed by atoms with Crippen molar-refractivity contribution in [3.8, 4) is 34.4 Å². The molecule has 0 aliphatic rings. The van der Waals surface area contributed by atoms with Gasteiger partial charge in [-0.05, 0) is 36.3 Å². The Bertz CT molecular complexity index is 3690. The first-order valence-electron chi connectivity index (χ1n) is 23.5. The predicted octanol–water partition coefficient (Wildman–Crippen LogP) is 9.95. The van der Waals surface area contributed by atoms with Crippen molar-refractivity contribution in [1.82, 2.24) is 24.1 Å². The Morgan fingerprint density at radius 1 is 0.543 bits per heavy atom. The molecule has 0 fully saturated rings. The third-order valence-corrected chi connectivity index (χ3v) is 7.22. The first-order valence-corrected chi connectivity index (χ1v) is 13.5. The van der Waals surface area contributed by atoms with Crippen LogP contribution >= 0.6 is 0 Å². The van der Waals surface area contributed by atoms with Crippen LogP contribution in [-0.4, -0.2) is 24.1 Å². The van der Waals surface area contributed by atoms with Gasteiger partial charge in [-0.25, -0.2) is 9.83 Å². The van der Waals surface area contributed by atoms with Gasteiger partial charge in [-0.2, -0.15) is 9.97 Å². The second-order valence-electron chi connectivity index (χ2n) is 9.70. The fourth-order valence-electron chi connectivity index (χ4n) is 5.34. The van der Waals surface area contributed by atoms with Gasteiger partial charge in [0.05, 0.1) is 54.9 Å².